The molecule has 0 radical (unpaired) electrons. The van der Waals surface area contributed by atoms with Crippen molar-refractivity contribution < 1.29 is 13.5 Å². The van der Waals surface area contributed by atoms with Gasteiger partial charge in [-0.1, -0.05) is 0 Å². The zero-order valence-electron chi connectivity index (χ0n) is 8.30. The lowest BCUT2D eigenvalue weighted by atomic mass is 10.1. The SMILES string of the molecule is Fc1ccc(OCC2CCNC2)cc1F. The molecule has 1 atom stereocenters. The summed E-state index contributed by atoms with van der Waals surface area (Å²) < 4.78 is 30.8. The van der Waals surface area contributed by atoms with Crippen LogP contribution in [-0.2, 0) is 0 Å². The van der Waals surface area contributed by atoms with E-state index in [9.17, 15) is 8.78 Å². The minimum Gasteiger partial charge on any atom is -0.493 e. The third kappa shape index (κ3) is 2.65. The summed E-state index contributed by atoms with van der Waals surface area (Å²) in [7, 11) is 0. The molecule has 4 heteroatoms. The highest BCUT2D eigenvalue weighted by atomic mass is 19.2. The highest BCUT2D eigenvalue weighted by Gasteiger charge is 2.15. The first-order chi connectivity index (χ1) is 7.25. The number of hydrogen-bond donors (Lipinski definition) is 1. The first kappa shape index (κ1) is 10.4. The molecule has 1 fully saturated rings. The maximum Gasteiger partial charge on any atom is 0.162 e. The molecule has 2 nitrogen and oxygen atoms in total. The van der Waals surface area contributed by atoms with Gasteiger partial charge in [0, 0.05) is 18.5 Å². The molecule has 0 aliphatic carbocycles. The van der Waals surface area contributed by atoms with E-state index in [1.54, 1.807) is 0 Å². The summed E-state index contributed by atoms with van der Waals surface area (Å²) in [6, 6.07) is 3.61. The lowest BCUT2D eigenvalue weighted by Gasteiger charge is -2.10. The molecular formula is C11H13F2NO. The number of nitrogens with one attached hydrogen (secondary N) is 1. The van der Waals surface area contributed by atoms with Gasteiger partial charge in [0.2, 0.25) is 0 Å². The molecule has 15 heavy (non-hydrogen) atoms. The topological polar surface area (TPSA) is 21.3 Å². The first-order valence-electron chi connectivity index (χ1n) is 5.04. The molecular weight excluding hydrogens is 200 g/mol. The molecule has 0 amide bonds. The fourth-order valence-electron chi connectivity index (χ4n) is 1.64. The summed E-state index contributed by atoms with van der Waals surface area (Å²) >= 11 is 0. The van der Waals surface area contributed by atoms with E-state index in [0.29, 0.717) is 18.3 Å². The summed E-state index contributed by atoms with van der Waals surface area (Å²) in [5.74, 6) is -0.846. The van der Waals surface area contributed by atoms with Crippen LogP contribution in [0.4, 0.5) is 8.78 Å². The lowest BCUT2D eigenvalue weighted by molar-refractivity contribution is 0.258. The third-order valence-corrected chi connectivity index (χ3v) is 2.54. The van der Waals surface area contributed by atoms with Crippen LogP contribution in [0.2, 0.25) is 0 Å². The molecule has 0 spiro atoms. The Balaban J connectivity index is 1.90. The van der Waals surface area contributed by atoms with E-state index < -0.39 is 11.6 Å². The molecule has 1 aromatic rings. The average molecular weight is 213 g/mol. The van der Waals surface area contributed by atoms with Gasteiger partial charge in [-0.15, -0.1) is 0 Å². The zero-order chi connectivity index (χ0) is 10.7. The Morgan fingerprint density at radius 1 is 1.33 bits per heavy atom. The van der Waals surface area contributed by atoms with Gasteiger partial charge in [0.25, 0.3) is 0 Å². The summed E-state index contributed by atoms with van der Waals surface area (Å²) in [5, 5.41) is 3.22. The second-order valence-electron chi connectivity index (χ2n) is 3.75. The highest BCUT2D eigenvalue weighted by molar-refractivity contribution is 5.23. The molecule has 1 aromatic carbocycles. The van der Waals surface area contributed by atoms with Crippen LogP contribution in [0.5, 0.6) is 5.75 Å². The van der Waals surface area contributed by atoms with Crippen LogP contribution in [0.15, 0.2) is 18.2 Å². The number of halogens is 2. The quantitative estimate of drug-likeness (QED) is 0.828. The van der Waals surface area contributed by atoms with E-state index in [4.69, 9.17) is 4.74 Å². The van der Waals surface area contributed by atoms with Gasteiger partial charge >= 0.3 is 0 Å². The minimum absolute atomic E-state index is 0.390. The minimum atomic E-state index is -0.864. The van der Waals surface area contributed by atoms with Crippen molar-refractivity contribution in [3.05, 3.63) is 29.8 Å². The Bertz CT molecular complexity index is 337. The van der Waals surface area contributed by atoms with Gasteiger partial charge in [-0.05, 0) is 25.1 Å². The molecule has 2 rings (SSSR count). The monoisotopic (exact) mass is 213 g/mol. The zero-order valence-corrected chi connectivity index (χ0v) is 8.30. The number of benzene rings is 1. The fourth-order valence-corrected chi connectivity index (χ4v) is 1.64. The van der Waals surface area contributed by atoms with E-state index in [-0.39, 0.29) is 0 Å². The summed E-state index contributed by atoms with van der Waals surface area (Å²) in [4.78, 5) is 0. The standard InChI is InChI=1S/C11H13F2NO/c12-10-2-1-9(5-11(10)13)15-7-8-3-4-14-6-8/h1-2,5,8,14H,3-4,6-7H2. The molecule has 1 aliphatic heterocycles. The molecule has 0 saturated carbocycles. The highest BCUT2D eigenvalue weighted by Crippen LogP contribution is 2.17. The van der Waals surface area contributed by atoms with Crippen molar-refractivity contribution >= 4 is 0 Å². The predicted octanol–water partition coefficient (Wildman–Crippen LogP) is 1.95. The summed E-state index contributed by atoms with van der Waals surface area (Å²) in [6.45, 7) is 2.49. The van der Waals surface area contributed by atoms with Gasteiger partial charge in [0.1, 0.15) is 5.75 Å². The van der Waals surface area contributed by atoms with Crippen molar-refractivity contribution in [1.82, 2.24) is 5.32 Å². The van der Waals surface area contributed by atoms with Crippen molar-refractivity contribution in [2.24, 2.45) is 5.92 Å². The van der Waals surface area contributed by atoms with Crippen LogP contribution in [-0.4, -0.2) is 19.7 Å². The number of hydrogen-bond acceptors (Lipinski definition) is 2. The van der Waals surface area contributed by atoms with E-state index in [0.717, 1.165) is 31.6 Å². The van der Waals surface area contributed by atoms with Crippen LogP contribution in [0, 0.1) is 17.6 Å². The van der Waals surface area contributed by atoms with Gasteiger partial charge in [0.15, 0.2) is 11.6 Å². The van der Waals surface area contributed by atoms with Crippen LogP contribution in [0.1, 0.15) is 6.42 Å². The second kappa shape index (κ2) is 4.57. The van der Waals surface area contributed by atoms with Crippen molar-refractivity contribution in [1.29, 1.82) is 0 Å². The molecule has 82 valence electrons. The smallest absolute Gasteiger partial charge is 0.162 e. The maximum atomic E-state index is 12.8. The van der Waals surface area contributed by atoms with Crippen LogP contribution >= 0.6 is 0 Å². The van der Waals surface area contributed by atoms with Crippen molar-refractivity contribution in [2.45, 2.75) is 6.42 Å². The molecule has 1 heterocycles. The first-order valence-corrected chi connectivity index (χ1v) is 5.04. The number of rotatable bonds is 3. The number of ether oxygens (including phenoxy) is 1. The van der Waals surface area contributed by atoms with Crippen LogP contribution in [0.3, 0.4) is 0 Å². The Labute approximate surface area is 87.2 Å². The Morgan fingerprint density at radius 2 is 2.20 bits per heavy atom. The lowest BCUT2D eigenvalue weighted by Crippen LogP contribution is -2.15. The second-order valence-corrected chi connectivity index (χ2v) is 3.75. The maximum absolute atomic E-state index is 12.8. The van der Waals surface area contributed by atoms with E-state index in [1.165, 1.54) is 6.07 Å². The van der Waals surface area contributed by atoms with Gasteiger partial charge < -0.3 is 10.1 Å². The van der Waals surface area contributed by atoms with Gasteiger partial charge in [-0.2, -0.15) is 0 Å². The van der Waals surface area contributed by atoms with Gasteiger partial charge in [-0.3, -0.25) is 0 Å². The fraction of sp³-hybridized carbons (Fsp3) is 0.455. The van der Waals surface area contributed by atoms with E-state index >= 15 is 0 Å². The van der Waals surface area contributed by atoms with E-state index in [2.05, 4.69) is 5.32 Å². The third-order valence-electron chi connectivity index (χ3n) is 2.54. The summed E-state index contributed by atoms with van der Waals surface area (Å²) in [6.07, 6.45) is 1.07. The van der Waals surface area contributed by atoms with Crippen molar-refractivity contribution in [2.75, 3.05) is 19.7 Å². The molecule has 1 saturated heterocycles. The van der Waals surface area contributed by atoms with Crippen molar-refractivity contribution in [3.63, 3.8) is 0 Å². The molecule has 0 aromatic heterocycles. The van der Waals surface area contributed by atoms with Crippen LogP contribution in [0.25, 0.3) is 0 Å². The molecule has 1 N–H and O–H groups in total. The predicted molar refractivity (Wildman–Crippen MR) is 52.8 cm³/mol. The van der Waals surface area contributed by atoms with E-state index in [1.807, 2.05) is 0 Å². The van der Waals surface area contributed by atoms with Gasteiger partial charge in [0.05, 0.1) is 6.61 Å². The van der Waals surface area contributed by atoms with Crippen LogP contribution < -0.4 is 10.1 Å². The molecule has 1 unspecified atom stereocenters. The average Bonchev–Trinajstić information content (AvgIpc) is 2.73. The molecule has 0 bridgehead atoms. The Hall–Kier alpha value is -1.16. The largest absolute Gasteiger partial charge is 0.493 e. The van der Waals surface area contributed by atoms with Crippen molar-refractivity contribution in [3.8, 4) is 5.75 Å². The Morgan fingerprint density at radius 3 is 2.87 bits per heavy atom. The summed E-state index contributed by atoms with van der Waals surface area (Å²) in [5.41, 5.74) is 0. The molecule has 1 aliphatic rings. The van der Waals surface area contributed by atoms with Gasteiger partial charge in [-0.25, -0.2) is 8.78 Å². The normalized spacial score (nSPS) is 20.5. The Kier molecular flexibility index (Phi) is 3.16.